The second kappa shape index (κ2) is 8.15. The fourth-order valence-corrected chi connectivity index (χ4v) is 5.97. The van der Waals surface area contributed by atoms with Crippen LogP contribution in [0.15, 0.2) is 31.0 Å². The van der Waals surface area contributed by atoms with Crippen LogP contribution in [0.5, 0.6) is 0 Å². The first-order valence-corrected chi connectivity index (χ1v) is 11.4. The molecule has 0 aliphatic carbocycles. The third-order valence-electron chi connectivity index (χ3n) is 5.55. The first-order chi connectivity index (χ1) is 14.8. The van der Waals surface area contributed by atoms with Crippen molar-refractivity contribution in [1.82, 2.24) is 39.9 Å². The molecule has 160 valence electrons. The third kappa shape index (κ3) is 3.47. The van der Waals surface area contributed by atoms with E-state index < -0.39 is 0 Å². The summed E-state index contributed by atoms with van der Waals surface area (Å²) in [6, 6.07) is 0.535. The Bertz CT molecular complexity index is 1290. The number of rotatable bonds is 4. The topological polar surface area (TPSA) is 99.9 Å². The van der Waals surface area contributed by atoms with Crippen molar-refractivity contribution in [2.75, 3.05) is 25.0 Å². The summed E-state index contributed by atoms with van der Waals surface area (Å²) in [6.45, 7) is 2.13. The molecule has 1 saturated heterocycles. The molecule has 1 aliphatic heterocycles. The number of thiazole rings is 2. The van der Waals surface area contributed by atoms with Crippen molar-refractivity contribution in [2.24, 2.45) is 0 Å². The zero-order valence-corrected chi connectivity index (χ0v) is 19.1. The Balaban J connectivity index is 0.00000204. The molecule has 12 heteroatoms. The van der Waals surface area contributed by atoms with Gasteiger partial charge in [-0.1, -0.05) is 22.7 Å². The molecule has 0 amide bonds. The van der Waals surface area contributed by atoms with E-state index in [9.17, 15) is 0 Å². The Morgan fingerprint density at radius 3 is 2.71 bits per heavy atom. The highest BCUT2D eigenvalue weighted by Crippen LogP contribution is 2.37. The summed E-state index contributed by atoms with van der Waals surface area (Å²) in [5, 5.41) is 12.2. The number of H-pyrrole nitrogens is 1. The zero-order chi connectivity index (χ0) is 20.1. The molecule has 0 radical (unpaired) electrons. The van der Waals surface area contributed by atoms with Gasteiger partial charge in [-0.2, -0.15) is 5.10 Å². The molecule has 0 aromatic carbocycles. The predicted molar refractivity (Wildman–Crippen MR) is 126 cm³/mol. The van der Waals surface area contributed by atoms with Gasteiger partial charge in [0.05, 0.1) is 18.1 Å². The molecule has 0 spiro atoms. The van der Waals surface area contributed by atoms with E-state index in [1.807, 2.05) is 23.0 Å². The van der Waals surface area contributed by atoms with E-state index >= 15 is 0 Å². The highest BCUT2D eigenvalue weighted by molar-refractivity contribution is 7.29. The molecule has 6 rings (SSSR count). The minimum atomic E-state index is 0. The van der Waals surface area contributed by atoms with E-state index in [2.05, 4.69) is 32.4 Å². The van der Waals surface area contributed by atoms with Gasteiger partial charge in [-0.3, -0.25) is 9.50 Å². The fourth-order valence-electron chi connectivity index (χ4n) is 3.91. The summed E-state index contributed by atoms with van der Waals surface area (Å²) in [4.78, 5) is 23.2. The maximum Gasteiger partial charge on any atom is 0.188 e. The molecule has 5 aromatic heterocycles. The highest BCUT2D eigenvalue weighted by atomic mass is 35.5. The summed E-state index contributed by atoms with van der Waals surface area (Å²) in [5.74, 6) is 0. The predicted octanol–water partition coefficient (Wildman–Crippen LogP) is 3.46. The van der Waals surface area contributed by atoms with Gasteiger partial charge >= 0.3 is 0 Å². The second-order valence-corrected chi connectivity index (χ2v) is 9.25. The molecule has 1 aliphatic rings. The zero-order valence-electron chi connectivity index (χ0n) is 16.6. The second-order valence-electron chi connectivity index (χ2n) is 7.32. The summed E-state index contributed by atoms with van der Waals surface area (Å²) in [6.07, 6.45) is 11.5. The lowest BCUT2D eigenvalue weighted by Crippen LogP contribution is -2.41. The monoisotopic (exact) mass is 473 g/mol. The normalized spacial score (nSPS) is 14.9. The van der Waals surface area contributed by atoms with Crippen LogP contribution in [-0.2, 0) is 0 Å². The Kier molecular flexibility index (Phi) is 5.34. The van der Waals surface area contributed by atoms with Crippen molar-refractivity contribution in [3.05, 3.63) is 31.0 Å². The van der Waals surface area contributed by atoms with Gasteiger partial charge in [0.25, 0.3) is 0 Å². The number of hydrogen-bond acceptors (Lipinski definition) is 9. The van der Waals surface area contributed by atoms with E-state index in [0.29, 0.717) is 6.04 Å². The Morgan fingerprint density at radius 1 is 1.10 bits per heavy atom. The summed E-state index contributed by atoms with van der Waals surface area (Å²) in [7, 11) is 2.14. The number of fused-ring (bicyclic) bond motifs is 2. The van der Waals surface area contributed by atoms with Crippen LogP contribution in [0.25, 0.3) is 37.3 Å². The van der Waals surface area contributed by atoms with E-state index in [4.69, 9.17) is 15.0 Å². The quantitative estimate of drug-likeness (QED) is 0.412. The highest BCUT2D eigenvalue weighted by Gasteiger charge is 2.23. The Hall–Kier alpha value is -2.60. The Labute approximate surface area is 192 Å². The molecular formula is C19H20ClN9S2. The number of aromatic amines is 1. The smallest absolute Gasteiger partial charge is 0.188 e. The lowest BCUT2D eigenvalue weighted by molar-refractivity contribution is 0.443. The minimum absolute atomic E-state index is 0. The fraction of sp³-hybridized carbons (Fsp3) is 0.316. The van der Waals surface area contributed by atoms with Crippen LogP contribution in [0.4, 0.5) is 5.13 Å². The lowest BCUT2D eigenvalue weighted by Gasteiger charge is -2.31. The average Bonchev–Trinajstić information content (AvgIpc) is 3.56. The van der Waals surface area contributed by atoms with Crippen LogP contribution in [0.2, 0.25) is 0 Å². The molecule has 2 N–H and O–H groups in total. The molecule has 0 bridgehead atoms. The van der Waals surface area contributed by atoms with Gasteiger partial charge in [0.15, 0.2) is 20.4 Å². The van der Waals surface area contributed by atoms with Crippen LogP contribution in [0.1, 0.15) is 12.8 Å². The van der Waals surface area contributed by atoms with Crippen molar-refractivity contribution in [2.45, 2.75) is 18.9 Å². The molecule has 31 heavy (non-hydrogen) atoms. The third-order valence-corrected chi connectivity index (χ3v) is 7.67. The molecule has 9 nitrogen and oxygen atoms in total. The molecular weight excluding hydrogens is 454 g/mol. The van der Waals surface area contributed by atoms with Gasteiger partial charge in [-0.05, 0) is 25.9 Å². The van der Waals surface area contributed by atoms with Crippen molar-refractivity contribution in [1.29, 1.82) is 0 Å². The summed E-state index contributed by atoms with van der Waals surface area (Å²) in [5.41, 5.74) is 3.45. The summed E-state index contributed by atoms with van der Waals surface area (Å²) >= 11 is 3.22. The number of hydrogen-bond donors (Lipinski definition) is 2. The maximum atomic E-state index is 4.87. The number of nitrogens with one attached hydrogen (secondary N) is 2. The Morgan fingerprint density at radius 2 is 1.94 bits per heavy atom. The largest absolute Gasteiger partial charge is 0.348 e. The van der Waals surface area contributed by atoms with Crippen molar-refractivity contribution in [3.63, 3.8) is 0 Å². The SMILES string of the molecule is CN(c1nc2sc(-c3ncc(-c4cn[nH]c4)n4ccnc34)nc2s1)C1CCNCC1.Cl. The standard InChI is InChI=1S/C19H19N9S2.ClH/c1-27(12-2-4-20-5-3-12)19-26-18-17(30-19)25-16(29-18)14-15-21-6-7-28(15)13(10-22-14)11-8-23-24-9-11;/h6-10,12,20H,2-5H2,1H3,(H,23,24);1H. The average molecular weight is 474 g/mol. The van der Waals surface area contributed by atoms with Crippen molar-refractivity contribution < 1.29 is 0 Å². The van der Waals surface area contributed by atoms with Gasteiger partial charge in [0.1, 0.15) is 10.7 Å². The van der Waals surface area contributed by atoms with Gasteiger partial charge in [0, 0.05) is 37.2 Å². The van der Waals surface area contributed by atoms with Crippen molar-refractivity contribution >= 4 is 55.5 Å². The van der Waals surface area contributed by atoms with Gasteiger partial charge in [-0.25, -0.2) is 19.9 Å². The van der Waals surface area contributed by atoms with E-state index in [0.717, 1.165) is 68.3 Å². The van der Waals surface area contributed by atoms with Crippen LogP contribution in [-0.4, -0.2) is 60.7 Å². The minimum Gasteiger partial charge on any atom is -0.348 e. The number of anilines is 1. The first-order valence-electron chi connectivity index (χ1n) is 9.80. The van der Waals surface area contributed by atoms with Crippen molar-refractivity contribution in [3.8, 4) is 22.0 Å². The molecule has 5 aromatic rings. The molecule has 0 atom stereocenters. The van der Waals surface area contributed by atoms with Gasteiger partial charge < -0.3 is 10.2 Å². The lowest BCUT2D eigenvalue weighted by atomic mass is 10.1. The van der Waals surface area contributed by atoms with E-state index in [1.165, 1.54) is 0 Å². The molecule has 0 saturated carbocycles. The summed E-state index contributed by atoms with van der Waals surface area (Å²) < 4.78 is 2.02. The van der Waals surface area contributed by atoms with Crippen LogP contribution >= 0.6 is 35.1 Å². The molecule has 0 unspecified atom stereocenters. The first kappa shape index (κ1) is 20.3. The number of aromatic nitrogens is 7. The maximum absolute atomic E-state index is 4.87. The van der Waals surface area contributed by atoms with Crippen LogP contribution < -0.4 is 10.2 Å². The van der Waals surface area contributed by atoms with Crippen LogP contribution in [0.3, 0.4) is 0 Å². The van der Waals surface area contributed by atoms with Gasteiger partial charge in [0.2, 0.25) is 0 Å². The van der Waals surface area contributed by atoms with E-state index in [1.54, 1.807) is 35.1 Å². The molecule has 1 fully saturated rings. The van der Waals surface area contributed by atoms with E-state index in [-0.39, 0.29) is 12.4 Å². The number of imidazole rings is 1. The number of halogens is 1. The number of piperidine rings is 1. The molecule has 6 heterocycles. The van der Waals surface area contributed by atoms with Gasteiger partial charge in [-0.15, -0.1) is 12.4 Å². The van der Waals surface area contributed by atoms with Crippen LogP contribution in [0, 0.1) is 0 Å². The number of nitrogens with zero attached hydrogens (tertiary/aromatic N) is 7.